The number of rotatable bonds is 4. The minimum atomic E-state index is -0.388. The highest BCUT2D eigenvalue weighted by Gasteiger charge is 2.28. The van der Waals surface area contributed by atoms with Crippen molar-refractivity contribution in [2.24, 2.45) is 5.73 Å². The average molecular weight is 256 g/mol. The van der Waals surface area contributed by atoms with E-state index in [0.717, 1.165) is 32.4 Å². The Bertz CT molecular complexity index is 279. The van der Waals surface area contributed by atoms with Crippen LogP contribution in [0.15, 0.2) is 0 Å². The summed E-state index contributed by atoms with van der Waals surface area (Å²) in [6.45, 7) is 4.57. The van der Waals surface area contributed by atoms with Gasteiger partial charge in [-0.05, 0) is 32.6 Å². The molecule has 0 radical (unpaired) electrons. The van der Waals surface area contributed by atoms with Gasteiger partial charge in [0, 0.05) is 25.7 Å². The maximum absolute atomic E-state index is 12.1. The SMILES string of the molecule is CC(OCC1CCCCO1)C(=O)N1CC[C@@H](N)C1. The zero-order valence-electron chi connectivity index (χ0n) is 11.1. The second-order valence-electron chi connectivity index (χ2n) is 5.30. The maximum Gasteiger partial charge on any atom is 0.251 e. The van der Waals surface area contributed by atoms with Crippen LogP contribution in [-0.2, 0) is 14.3 Å². The highest BCUT2D eigenvalue weighted by Crippen LogP contribution is 2.15. The average Bonchev–Trinajstić information content (AvgIpc) is 2.83. The minimum absolute atomic E-state index is 0.0544. The number of likely N-dealkylation sites (tertiary alicyclic amines) is 1. The summed E-state index contributed by atoms with van der Waals surface area (Å²) >= 11 is 0. The predicted molar refractivity (Wildman–Crippen MR) is 68.2 cm³/mol. The molecule has 2 rings (SSSR count). The van der Waals surface area contributed by atoms with Gasteiger partial charge in [-0.3, -0.25) is 4.79 Å². The van der Waals surface area contributed by atoms with Crippen LogP contribution >= 0.6 is 0 Å². The zero-order chi connectivity index (χ0) is 13.0. The van der Waals surface area contributed by atoms with Gasteiger partial charge in [0.15, 0.2) is 0 Å². The molecule has 0 aromatic heterocycles. The first-order valence-electron chi connectivity index (χ1n) is 6.94. The Balaban J connectivity index is 1.70. The Morgan fingerprint density at radius 1 is 1.50 bits per heavy atom. The Morgan fingerprint density at radius 2 is 2.33 bits per heavy atom. The number of carbonyl (C=O) groups excluding carboxylic acids is 1. The number of ether oxygens (including phenoxy) is 2. The van der Waals surface area contributed by atoms with Gasteiger partial charge in [-0.2, -0.15) is 0 Å². The molecular formula is C13H24N2O3. The van der Waals surface area contributed by atoms with Crippen LogP contribution in [0.2, 0.25) is 0 Å². The van der Waals surface area contributed by atoms with Crippen molar-refractivity contribution in [3.63, 3.8) is 0 Å². The van der Waals surface area contributed by atoms with Crippen molar-refractivity contribution in [2.45, 2.75) is 50.9 Å². The fourth-order valence-corrected chi connectivity index (χ4v) is 2.51. The van der Waals surface area contributed by atoms with Gasteiger partial charge >= 0.3 is 0 Å². The lowest BCUT2D eigenvalue weighted by molar-refractivity contribution is -0.145. The molecule has 5 nitrogen and oxygen atoms in total. The molecule has 0 spiro atoms. The number of amides is 1. The van der Waals surface area contributed by atoms with E-state index in [0.29, 0.717) is 13.2 Å². The highest BCUT2D eigenvalue weighted by atomic mass is 16.5. The van der Waals surface area contributed by atoms with E-state index < -0.39 is 0 Å². The third-order valence-corrected chi connectivity index (χ3v) is 3.69. The maximum atomic E-state index is 12.1. The summed E-state index contributed by atoms with van der Waals surface area (Å²) in [6, 6.07) is 0.128. The van der Waals surface area contributed by atoms with E-state index in [1.165, 1.54) is 6.42 Å². The molecule has 2 heterocycles. The largest absolute Gasteiger partial charge is 0.376 e. The quantitative estimate of drug-likeness (QED) is 0.796. The summed E-state index contributed by atoms with van der Waals surface area (Å²) < 4.78 is 11.2. The first-order valence-corrected chi connectivity index (χ1v) is 6.94. The molecule has 0 aromatic carbocycles. The molecule has 1 amide bonds. The van der Waals surface area contributed by atoms with Crippen molar-refractivity contribution in [1.29, 1.82) is 0 Å². The Kier molecular flexibility index (Phi) is 4.97. The molecule has 0 aliphatic carbocycles. The second-order valence-corrected chi connectivity index (χ2v) is 5.30. The van der Waals surface area contributed by atoms with Gasteiger partial charge in [0.1, 0.15) is 6.10 Å². The molecule has 0 aromatic rings. The standard InChI is InChI=1S/C13H24N2O3/c1-10(13(16)15-6-5-11(14)8-15)18-9-12-4-2-3-7-17-12/h10-12H,2-9,14H2,1H3/t10?,11-,12?/m1/s1. The molecule has 2 unspecified atom stereocenters. The summed E-state index contributed by atoms with van der Waals surface area (Å²) in [5.41, 5.74) is 5.80. The number of carbonyl (C=O) groups is 1. The monoisotopic (exact) mass is 256 g/mol. The van der Waals surface area contributed by atoms with Crippen LogP contribution in [0.25, 0.3) is 0 Å². The van der Waals surface area contributed by atoms with Crippen LogP contribution < -0.4 is 5.73 Å². The molecular weight excluding hydrogens is 232 g/mol. The van der Waals surface area contributed by atoms with Crippen molar-refractivity contribution < 1.29 is 14.3 Å². The molecule has 2 aliphatic heterocycles. The van der Waals surface area contributed by atoms with Gasteiger partial charge in [0.05, 0.1) is 12.7 Å². The minimum Gasteiger partial charge on any atom is -0.376 e. The lowest BCUT2D eigenvalue weighted by Gasteiger charge is -2.25. The molecule has 5 heteroatoms. The summed E-state index contributed by atoms with van der Waals surface area (Å²) in [5, 5.41) is 0. The van der Waals surface area contributed by atoms with Gasteiger partial charge in [-0.15, -0.1) is 0 Å². The van der Waals surface area contributed by atoms with Crippen molar-refractivity contribution in [2.75, 3.05) is 26.3 Å². The van der Waals surface area contributed by atoms with Crippen LogP contribution in [-0.4, -0.2) is 55.4 Å². The Hall–Kier alpha value is -0.650. The highest BCUT2D eigenvalue weighted by molar-refractivity contribution is 5.80. The van der Waals surface area contributed by atoms with Crippen molar-refractivity contribution in [1.82, 2.24) is 4.90 Å². The van der Waals surface area contributed by atoms with Gasteiger partial charge in [0.25, 0.3) is 5.91 Å². The van der Waals surface area contributed by atoms with E-state index in [9.17, 15) is 4.79 Å². The summed E-state index contributed by atoms with van der Waals surface area (Å²) in [4.78, 5) is 13.9. The van der Waals surface area contributed by atoms with Crippen LogP contribution in [0.4, 0.5) is 0 Å². The fourth-order valence-electron chi connectivity index (χ4n) is 2.51. The van der Waals surface area contributed by atoms with E-state index in [-0.39, 0.29) is 24.2 Å². The van der Waals surface area contributed by atoms with Crippen LogP contribution in [0.5, 0.6) is 0 Å². The first kappa shape index (κ1) is 13.8. The van der Waals surface area contributed by atoms with E-state index in [2.05, 4.69) is 0 Å². The lowest BCUT2D eigenvalue weighted by atomic mass is 10.1. The van der Waals surface area contributed by atoms with Gasteiger partial charge in [-0.1, -0.05) is 0 Å². The van der Waals surface area contributed by atoms with Gasteiger partial charge < -0.3 is 20.1 Å². The normalized spacial score (nSPS) is 30.4. The summed E-state index contributed by atoms with van der Waals surface area (Å²) in [7, 11) is 0. The summed E-state index contributed by atoms with van der Waals surface area (Å²) in [6.07, 6.45) is 4.03. The second kappa shape index (κ2) is 6.50. The van der Waals surface area contributed by atoms with Gasteiger partial charge in [-0.25, -0.2) is 0 Å². The third kappa shape index (κ3) is 3.67. The van der Waals surface area contributed by atoms with E-state index in [1.807, 2.05) is 6.92 Å². The number of nitrogens with zero attached hydrogens (tertiary/aromatic N) is 1. The van der Waals surface area contributed by atoms with Gasteiger partial charge in [0.2, 0.25) is 0 Å². The molecule has 3 atom stereocenters. The predicted octanol–water partition coefficient (Wildman–Crippen LogP) is 0.520. The van der Waals surface area contributed by atoms with Crippen molar-refractivity contribution in [3.8, 4) is 0 Å². The molecule has 0 saturated carbocycles. The molecule has 2 fully saturated rings. The number of hydrogen-bond acceptors (Lipinski definition) is 4. The zero-order valence-corrected chi connectivity index (χ0v) is 11.1. The number of nitrogens with two attached hydrogens (primary N) is 1. The first-order chi connectivity index (χ1) is 8.66. The van der Waals surface area contributed by atoms with Crippen LogP contribution in [0, 0.1) is 0 Å². The van der Waals surface area contributed by atoms with Crippen molar-refractivity contribution >= 4 is 5.91 Å². The molecule has 2 N–H and O–H groups in total. The van der Waals surface area contributed by atoms with Crippen LogP contribution in [0.3, 0.4) is 0 Å². The van der Waals surface area contributed by atoms with Crippen molar-refractivity contribution in [3.05, 3.63) is 0 Å². The fraction of sp³-hybridized carbons (Fsp3) is 0.923. The molecule has 0 bridgehead atoms. The Labute approximate surface area is 109 Å². The molecule has 18 heavy (non-hydrogen) atoms. The smallest absolute Gasteiger partial charge is 0.251 e. The number of hydrogen-bond donors (Lipinski definition) is 1. The van der Waals surface area contributed by atoms with E-state index >= 15 is 0 Å². The van der Waals surface area contributed by atoms with E-state index in [4.69, 9.17) is 15.2 Å². The third-order valence-electron chi connectivity index (χ3n) is 3.69. The molecule has 2 saturated heterocycles. The summed E-state index contributed by atoms with van der Waals surface area (Å²) in [5.74, 6) is 0.0544. The van der Waals surface area contributed by atoms with Crippen LogP contribution in [0.1, 0.15) is 32.6 Å². The molecule has 104 valence electrons. The van der Waals surface area contributed by atoms with E-state index in [1.54, 1.807) is 4.90 Å². The lowest BCUT2D eigenvalue weighted by Crippen LogP contribution is -2.40. The molecule has 2 aliphatic rings. The topological polar surface area (TPSA) is 64.8 Å². The Morgan fingerprint density at radius 3 is 2.94 bits per heavy atom.